The average Bonchev–Trinajstić information content (AvgIpc) is 2.60. The number of nitrogens with zero attached hydrogens (tertiary/aromatic N) is 3. The first-order valence-electron chi connectivity index (χ1n) is 8.56. The summed E-state index contributed by atoms with van der Waals surface area (Å²) in [6, 6.07) is 6.43. The predicted octanol–water partition coefficient (Wildman–Crippen LogP) is 2.01. The number of nitrogen functional groups attached to an aromatic ring is 1. The van der Waals surface area contributed by atoms with E-state index < -0.39 is 0 Å². The van der Waals surface area contributed by atoms with E-state index in [9.17, 15) is 9.50 Å². The Morgan fingerprint density at radius 3 is 2.84 bits per heavy atom. The lowest BCUT2D eigenvalue weighted by Crippen LogP contribution is -2.37. The van der Waals surface area contributed by atoms with Crippen molar-refractivity contribution < 1.29 is 9.50 Å². The molecule has 2 heterocycles. The standard InChI is InChI=1S/C18H24FN5O/c1-12(22-11-18-21-7-4-17(20)23-18)15-10-13(19)2-3-16(15)24-8-5-14(25)6-9-24/h2-4,7,10,12,14,22,25H,5-6,8-9,11H2,1H3,(H2,20,21,23). The quantitative estimate of drug-likeness (QED) is 0.768. The van der Waals surface area contributed by atoms with Crippen LogP contribution in [0.4, 0.5) is 15.9 Å². The number of rotatable bonds is 5. The summed E-state index contributed by atoms with van der Waals surface area (Å²) in [5.74, 6) is 0.772. The Labute approximate surface area is 146 Å². The van der Waals surface area contributed by atoms with E-state index in [0.29, 0.717) is 18.2 Å². The Morgan fingerprint density at radius 2 is 2.12 bits per heavy atom. The molecule has 134 valence electrons. The minimum atomic E-state index is -0.260. The molecule has 2 aromatic rings. The van der Waals surface area contributed by atoms with Gasteiger partial charge in [-0.1, -0.05) is 0 Å². The number of nitrogens with one attached hydrogen (secondary N) is 1. The van der Waals surface area contributed by atoms with Crippen LogP contribution in [0.5, 0.6) is 0 Å². The van der Waals surface area contributed by atoms with Gasteiger partial charge in [-0.15, -0.1) is 0 Å². The number of nitrogens with two attached hydrogens (primary N) is 1. The third-order valence-electron chi connectivity index (χ3n) is 4.55. The summed E-state index contributed by atoms with van der Waals surface area (Å²) in [4.78, 5) is 10.6. The first-order chi connectivity index (χ1) is 12.0. The molecule has 7 heteroatoms. The lowest BCUT2D eigenvalue weighted by molar-refractivity contribution is 0.145. The van der Waals surface area contributed by atoms with E-state index in [1.165, 1.54) is 6.07 Å². The minimum Gasteiger partial charge on any atom is -0.393 e. The van der Waals surface area contributed by atoms with Gasteiger partial charge in [0.25, 0.3) is 0 Å². The maximum absolute atomic E-state index is 13.8. The second-order valence-electron chi connectivity index (χ2n) is 6.42. The fourth-order valence-corrected chi connectivity index (χ4v) is 3.12. The largest absolute Gasteiger partial charge is 0.393 e. The van der Waals surface area contributed by atoms with Crippen LogP contribution in [0.3, 0.4) is 0 Å². The topological polar surface area (TPSA) is 87.3 Å². The smallest absolute Gasteiger partial charge is 0.144 e. The number of anilines is 2. The highest BCUT2D eigenvalue weighted by molar-refractivity contribution is 5.55. The second-order valence-corrected chi connectivity index (χ2v) is 6.42. The fourth-order valence-electron chi connectivity index (χ4n) is 3.12. The predicted molar refractivity (Wildman–Crippen MR) is 95.6 cm³/mol. The van der Waals surface area contributed by atoms with E-state index in [1.807, 2.05) is 13.0 Å². The van der Waals surface area contributed by atoms with E-state index in [0.717, 1.165) is 37.2 Å². The molecule has 1 aliphatic rings. The van der Waals surface area contributed by atoms with Crippen molar-refractivity contribution >= 4 is 11.5 Å². The van der Waals surface area contributed by atoms with Crippen LogP contribution in [0, 0.1) is 5.82 Å². The summed E-state index contributed by atoms with van der Waals surface area (Å²) >= 11 is 0. The van der Waals surface area contributed by atoms with Crippen LogP contribution in [0.1, 0.15) is 37.2 Å². The Bertz CT molecular complexity index is 718. The van der Waals surface area contributed by atoms with Crippen LogP contribution in [0.2, 0.25) is 0 Å². The molecule has 0 aliphatic carbocycles. The molecule has 0 saturated carbocycles. The zero-order valence-corrected chi connectivity index (χ0v) is 14.3. The maximum Gasteiger partial charge on any atom is 0.144 e. The van der Waals surface area contributed by atoms with Gasteiger partial charge in [0.2, 0.25) is 0 Å². The van der Waals surface area contributed by atoms with Crippen LogP contribution in [0.15, 0.2) is 30.5 Å². The zero-order chi connectivity index (χ0) is 17.8. The summed E-state index contributed by atoms with van der Waals surface area (Å²) < 4.78 is 13.8. The van der Waals surface area contributed by atoms with Gasteiger partial charge in [-0.3, -0.25) is 0 Å². The number of halogens is 1. The van der Waals surface area contributed by atoms with Crippen molar-refractivity contribution in [3.63, 3.8) is 0 Å². The van der Waals surface area contributed by atoms with Gasteiger partial charge < -0.3 is 21.1 Å². The molecule has 1 aliphatic heterocycles. The average molecular weight is 345 g/mol. The van der Waals surface area contributed by atoms with Crippen LogP contribution in [-0.2, 0) is 6.54 Å². The summed E-state index contributed by atoms with van der Waals surface area (Å²) in [7, 11) is 0. The molecule has 0 amide bonds. The molecule has 0 radical (unpaired) electrons. The summed E-state index contributed by atoms with van der Waals surface area (Å²) in [6.07, 6.45) is 2.85. The lowest BCUT2D eigenvalue weighted by atomic mass is 10.0. The number of aromatic nitrogens is 2. The molecular weight excluding hydrogens is 321 g/mol. The van der Waals surface area contributed by atoms with Crippen molar-refractivity contribution in [1.82, 2.24) is 15.3 Å². The molecule has 1 aromatic carbocycles. The lowest BCUT2D eigenvalue weighted by Gasteiger charge is -2.34. The molecule has 1 unspecified atom stereocenters. The number of hydrogen-bond donors (Lipinski definition) is 3. The minimum absolute atomic E-state index is 0.0809. The third kappa shape index (κ3) is 4.43. The first-order valence-corrected chi connectivity index (χ1v) is 8.56. The first kappa shape index (κ1) is 17.6. The number of aliphatic hydroxyl groups is 1. The summed E-state index contributed by atoms with van der Waals surface area (Å²) in [5.41, 5.74) is 7.56. The third-order valence-corrected chi connectivity index (χ3v) is 4.55. The van der Waals surface area contributed by atoms with E-state index in [4.69, 9.17) is 5.73 Å². The van der Waals surface area contributed by atoms with Crippen molar-refractivity contribution in [2.75, 3.05) is 23.7 Å². The fraction of sp³-hybridized carbons (Fsp3) is 0.444. The zero-order valence-electron chi connectivity index (χ0n) is 14.3. The highest BCUT2D eigenvalue weighted by atomic mass is 19.1. The maximum atomic E-state index is 13.8. The van der Waals surface area contributed by atoms with Gasteiger partial charge in [0.1, 0.15) is 17.5 Å². The molecule has 1 atom stereocenters. The molecule has 6 nitrogen and oxygen atoms in total. The van der Waals surface area contributed by atoms with Crippen molar-refractivity contribution in [2.45, 2.75) is 38.5 Å². The molecule has 1 saturated heterocycles. The molecule has 3 rings (SSSR count). The van der Waals surface area contributed by atoms with Crippen LogP contribution in [0.25, 0.3) is 0 Å². The van der Waals surface area contributed by atoms with Crippen molar-refractivity contribution in [2.24, 2.45) is 0 Å². The number of piperidine rings is 1. The normalized spacial score (nSPS) is 16.8. The van der Waals surface area contributed by atoms with Crippen molar-refractivity contribution in [3.8, 4) is 0 Å². The molecule has 1 fully saturated rings. The van der Waals surface area contributed by atoms with Crippen molar-refractivity contribution in [1.29, 1.82) is 0 Å². The summed E-state index contributed by atoms with van der Waals surface area (Å²) in [5, 5.41) is 13.0. The Hall–Kier alpha value is -2.25. The molecule has 4 N–H and O–H groups in total. The number of aliphatic hydroxyl groups excluding tert-OH is 1. The number of hydrogen-bond acceptors (Lipinski definition) is 6. The van der Waals surface area contributed by atoms with Gasteiger partial charge in [-0.05, 0) is 49.6 Å². The van der Waals surface area contributed by atoms with E-state index in [2.05, 4.69) is 20.2 Å². The highest BCUT2D eigenvalue weighted by Gasteiger charge is 2.21. The Morgan fingerprint density at radius 1 is 1.36 bits per heavy atom. The highest BCUT2D eigenvalue weighted by Crippen LogP contribution is 2.29. The molecule has 0 bridgehead atoms. The van der Waals surface area contributed by atoms with Gasteiger partial charge in [0, 0.05) is 31.0 Å². The Kier molecular flexibility index (Phi) is 5.45. The monoisotopic (exact) mass is 345 g/mol. The number of benzene rings is 1. The van der Waals surface area contributed by atoms with Gasteiger partial charge in [0.15, 0.2) is 0 Å². The van der Waals surface area contributed by atoms with E-state index in [1.54, 1.807) is 18.3 Å². The van der Waals surface area contributed by atoms with Gasteiger partial charge >= 0.3 is 0 Å². The van der Waals surface area contributed by atoms with Crippen LogP contribution >= 0.6 is 0 Å². The Balaban J connectivity index is 1.74. The molecule has 1 aromatic heterocycles. The van der Waals surface area contributed by atoms with Crippen LogP contribution < -0.4 is 16.0 Å². The van der Waals surface area contributed by atoms with E-state index in [-0.39, 0.29) is 18.0 Å². The van der Waals surface area contributed by atoms with E-state index >= 15 is 0 Å². The molecular formula is C18H24FN5O. The van der Waals surface area contributed by atoms with Crippen molar-refractivity contribution in [3.05, 3.63) is 47.7 Å². The second kappa shape index (κ2) is 7.76. The summed E-state index contributed by atoms with van der Waals surface area (Å²) in [6.45, 7) is 3.97. The molecule has 25 heavy (non-hydrogen) atoms. The van der Waals surface area contributed by atoms with Gasteiger partial charge in [-0.25, -0.2) is 14.4 Å². The SMILES string of the molecule is CC(NCc1nccc(N)n1)c1cc(F)ccc1N1CCC(O)CC1. The molecule has 0 spiro atoms. The van der Waals surface area contributed by atoms with Gasteiger partial charge in [0.05, 0.1) is 12.6 Å². The van der Waals surface area contributed by atoms with Gasteiger partial charge in [-0.2, -0.15) is 0 Å². The van der Waals surface area contributed by atoms with Crippen LogP contribution in [-0.4, -0.2) is 34.3 Å².